The SMILES string of the molecule is CCCCN1C(=O)[C@H](CC(C)C)NC(=O)C12CCN(Cc1ccc(C(C)C)cc1)CC2.Cl. The van der Waals surface area contributed by atoms with E-state index < -0.39 is 5.54 Å². The minimum atomic E-state index is -0.669. The molecule has 0 aromatic heterocycles. The van der Waals surface area contributed by atoms with Gasteiger partial charge in [0.2, 0.25) is 11.8 Å². The summed E-state index contributed by atoms with van der Waals surface area (Å²) in [5, 5.41) is 3.10. The zero-order valence-corrected chi connectivity index (χ0v) is 21.3. The summed E-state index contributed by atoms with van der Waals surface area (Å²) in [6.45, 7) is 14.0. The molecule has 0 aliphatic carbocycles. The van der Waals surface area contributed by atoms with Gasteiger partial charge in [-0.15, -0.1) is 12.4 Å². The fourth-order valence-electron chi connectivity index (χ4n) is 4.99. The predicted molar refractivity (Wildman–Crippen MR) is 133 cm³/mol. The van der Waals surface area contributed by atoms with Crippen LogP contribution in [0.5, 0.6) is 0 Å². The molecule has 0 saturated carbocycles. The number of likely N-dealkylation sites (tertiary alicyclic amines) is 1. The number of piperazine rings is 1. The molecule has 32 heavy (non-hydrogen) atoms. The zero-order valence-electron chi connectivity index (χ0n) is 20.5. The van der Waals surface area contributed by atoms with E-state index in [1.807, 2.05) is 4.90 Å². The van der Waals surface area contributed by atoms with Crippen LogP contribution in [0.25, 0.3) is 0 Å². The predicted octanol–water partition coefficient (Wildman–Crippen LogP) is 4.74. The fourth-order valence-corrected chi connectivity index (χ4v) is 4.99. The quantitative estimate of drug-likeness (QED) is 0.605. The number of amides is 2. The molecule has 3 rings (SSSR count). The smallest absolute Gasteiger partial charge is 0.246 e. The lowest BCUT2D eigenvalue weighted by Crippen LogP contribution is -2.73. The Balaban J connectivity index is 0.00000363. The molecule has 5 nitrogen and oxygen atoms in total. The maximum absolute atomic E-state index is 13.3. The molecule has 180 valence electrons. The van der Waals surface area contributed by atoms with Crippen LogP contribution in [0.3, 0.4) is 0 Å². The number of hydrogen-bond acceptors (Lipinski definition) is 3. The highest BCUT2D eigenvalue weighted by Crippen LogP contribution is 2.34. The molecule has 0 unspecified atom stereocenters. The van der Waals surface area contributed by atoms with Gasteiger partial charge in [0.25, 0.3) is 0 Å². The normalized spacial score (nSPS) is 21.2. The van der Waals surface area contributed by atoms with E-state index in [0.29, 0.717) is 37.6 Å². The van der Waals surface area contributed by atoms with Crippen molar-refractivity contribution in [2.75, 3.05) is 19.6 Å². The Morgan fingerprint density at radius 1 is 1.06 bits per heavy atom. The van der Waals surface area contributed by atoms with Crippen molar-refractivity contribution in [1.29, 1.82) is 0 Å². The third kappa shape index (κ3) is 5.85. The van der Waals surface area contributed by atoms with E-state index >= 15 is 0 Å². The molecule has 1 spiro atoms. The first-order valence-corrected chi connectivity index (χ1v) is 12.2. The minimum absolute atomic E-state index is 0. The maximum Gasteiger partial charge on any atom is 0.246 e. The Labute approximate surface area is 200 Å². The van der Waals surface area contributed by atoms with Gasteiger partial charge in [-0.2, -0.15) is 0 Å². The van der Waals surface area contributed by atoms with Gasteiger partial charge in [0.05, 0.1) is 0 Å². The van der Waals surface area contributed by atoms with Gasteiger partial charge in [0.1, 0.15) is 11.6 Å². The van der Waals surface area contributed by atoms with E-state index in [-0.39, 0.29) is 30.3 Å². The molecule has 2 aliphatic heterocycles. The number of carbonyl (C=O) groups excluding carboxylic acids is 2. The molecular formula is C26H42ClN3O2. The van der Waals surface area contributed by atoms with Gasteiger partial charge in [-0.05, 0) is 48.6 Å². The lowest BCUT2D eigenvalue weighted by molar-refractivity contribution is -0.161. The third-order valence-electron chi connectivity index (χ3n) is 6.99. The summed E-state index contributed by atoms with van der Waals surface area (Å²) in [4.78, 5) is 31.0. The van der Waals surface area contributed by atoms with Crippen LogP contribution >= 0.6 is 12.4 Å². The molecule has 1 aromatic rings. The number of benzene rings is 1. The number of piperidine rings is 1. The number of nitrogens with zero attached hydrogens (tertiary/aromatic N) is 2. The second-order valence-corrected chi connectivity index (χ2v) is 10.2. The molecule has 1 aromatic carbocycles. The first-order valence-electron chi connectivity index (χ1n) is 12.2. The third-order valence-corrected chi connectivity index (χ3v) is 6.99. The highest BCUT2D eigenvalue weighted by molar-refractivity contribution is 6.00. The Kier molecular flexibility index (Phi) is 9.59. The van der Waals surface area contributed by atoms with Crippen molar-refractivity contribution in [2.24, 2.45) is 5.92 Å². The van der Waals surface area contributed by atoms with Crippen LogP contribution in [0.1, 0.15) is 83.8 Å². The number of carbonyl (C=O) groups is 2. The summed E-state index contributed by atoms with van der Waals surface area (Å²) in [6, 6.07) is 8.52. The number of hydrogen-bond donors (Lipinski definition) is 1. The van der Waals surface area contributed by atoms with Crippen LogP contribution in [-0.4, -0.2) is 52.8 Å². The number of halogens is 1. The fraction of sp³-hybridized carbons (Fsp3) is 0.692. The van der Waals surface area contributed by atoms with E-state index in [4.69, 9.17) is 0 Å². The molecule has 2 amide bonds. The Morgan fingerprint density at radius 2 is 1.69 bits per heavy atom. The summed E-state index contributed by atoms with van der Waals surface area (Å²) < 4.78 is 0. The van der Waals surface area contributed by atoms with E-state index in [2.05, 4.69) is 69.1 Å². The highest BCUT2D eigenvalue weighted by atomic mass is 35.5. The number of nitrogens with one attached hydrogen (secondary N) is 1. The van der Waals surface area contributed by atoms with Gasteiger partial charge in [-0.25, -0.2) is 0 Å². The van der Waals surface area contributed by atoms with Crippen molar-refractivity contribution >= 4 is 24.2 Å². The van der Waals surface area contributed by atoms with Crippen LogP contribution < -0.4 is 5.32 Å². The van der Waals surface area contributed by atoms with Gasteiger partial charge >= 0.3 is 0 Å². The first-order chi connectivity index (χ1) is 14.8. The van der Waals surface area contributed by atoms with Crippen LogP contribution in [0.15, 0.2) is 24.3 Å². The summed E-state index contributed by atoms with van der Waals surface area (Å²) in [7, 11) is 0. The molecule has 2 fully saturated rings. The number of rotatable bonds is 8. The maximum atomic E-state index is 13.3. The molecule has 2 heterocycles. The summed E-state index contributed by atoms with van der Waals surface area (Å²) >= 11 is 0. The van der Waals surface area contributed by atoms with Crippen molar-refractivity contribution in [3.8, 4) is 0 Å². The topological polar surface area (TPSA) is 52.7 Å². The molecule has 0 bridgehead atoms. The van der Waals surface area contributed by atoms with E-state index in [9.17, 15) is 9.59 Å². The minimum Gasteiger partial charge on any atom is -0.342 e. The monoisotopic (exact) mass is 463 g/mol. The second kappa shape index (κ2) is 11.5. The van der Waals surface area contributed by atoms with E-state index in [1.54, 1.807) is 0 Å². The lowest BCUT2D eigenvalue weighted by Gasteiger charge is -2.52. The second-order valence-electron chi connectivity index (χ2n) is 10.2. The highest BCUT2D eigenvalue weighted by Gasteiger charge is 2.53. The van der Waals surface area contributed by atoms with Gasteiger partial charge < -0.3 is 10.2 Å². The van der Waals surface area contributed by atoms with Crippen LogP contribution in [0, 0.1) is 5.92 Å². The zero-order chi connectivity index (χ0) is 22.6. The molecule has 2 aliphatic rings. The average molecular weight is 464 g/mol. The number of unbranched alkanes of at least 4 members (excludes halogenated alkanes) is 1. The Morgan fingerprint density at radius 3 is 2.22 bits per heavy atom. The molecule has 2 saturated heterocycles. The standard InChI is InChI=1S/C26H41N3O2.ClH/c1-6-7-14-29-24(30)23(17-19(2)3)27-25(31)26(29)12-15-28(16-13-26)18-21-8-10-22(11-9-21)20(4)5;/h8-11,19-20,23H,6-7,12-18H2,1-5H3,(H,27,31);1H/t23-;/m0./s1. The molecule has 1 N–H and O–H groups in total. The molecular weight excluding hydrogens is 422 g/mol. The first kappa shape index (κ1) is 26.7. The van der Waals surface area contributed by atoms with E-state index in [1.165, 1.54) is 11.1 Å². The van der Waals surface area contributed by atoms with Gasteiger partial charge in [0, 0.05) is 26.2 Å². The molecule has 0 radical (unpaired) electrons. The van der Waals surface area contributed by atoms with Crippen molar-refractivity contribution in [1.82, 2.24) is 15.1 Å². The average Bonchev–Trinajstić information content (AvgIpc) is 2.73. The molecule has 6 heteroatoms. The van der Waals surface area contributed by atoms with Gasteiger partial charge in [-0.1, -0.05) is 65.3 Å². The van der Waals surface area contributed by atoms with Crippen molar-refractivity contribution in [3.63, 3.8) is 0 Å². The molecule has 1 atom stereocenters. The van der Waals surface area contributed by atoms with Crippen molar-refractivity contribution < 1.29 is 9.59 Å². The van der Waals surface area contributed by atoms with Crippen molar-refractivity contribution in [2.45, 2.75) is 90.8 Å². The van der Waals surface area contributed by atoms with Crippen LogP contribution in [0.4, 0.5) is 0 Å². The summed E-state index contributed by atoms with van der Waals surface area (Å²) in [5.74, 6) is 1.11. The van der Waals surface area contributed by atoms with E-state index in [0.717, 1.165) is 32.5 Å². The van der Waals surface area contributed by atoms with Gasteiger partial charge in [-0.3, -0.25) is 14.5 Å². The Hall–Kier alpha value is -1.59. The van der Waals surface area contributed by atoms with Crippen LogP contribution in [0.2, 0.25) is 0 Å². The van der Waals surface area contributed by atoms with Crippen LogP contribution in [-0.2, 0) is 16.1 Å². The summed E-state index contributed by atoms with van der Waals surface area (Å²) in [5.41, 5.74) is 2.00. The van der Waals surface area contributed by atoms with Crippen molar-refractivity contribution in [3.05, 3.63) is 35.4 Å². The Bertz CT molecular complexity index is 755. The largest absolute Gasteiger partial charge is 0.342 e. The van der Waals surface area contributed by atoms with Gasteiger partial charge in [0.15, 0.2) is 0 Å². The lowest BCUT2D eigenvalue weighted by atomic mass is 9.80. The summed E-state index contributed by atoms with van der Waals surface area (Å²) in [6.07, 6.45) is 4.11.